The van der Waals surface area contributed by atoms with E-state index in [1.807, 2.05) is 6.92 Å². The van der Waals surface area contributed by atoms with Gasteiger partial charge >= 0.3 is 0 Å². The molecule has 1 amide bonds. The Labute approximate surface area is 129 Å². The van der Waals surface area contributed by atoms with Crippen LogP contribution in [0.15, 0.2) is 0 Å². The molecule has 0 aromatic rings. The topological polar surface area (TPSA) is 44.4 Å². The molecule has 1 unspecified atom stereocenters. The lowest BCUT2D eigenvalue weighted by Gasteiger charge is -2.38. The van der Waals surface area contributed by atoms with Gasteiger partial charge in [0.05, 0.1) is 5.54 Å². The second-order valence-corrected chi connectivity index (χ2v) is 6.59. The Morgan fingerprint density at radius 3 is 2.45 bits per heavy atom. The van der Waals surface area contributed by atoms with Gasteiger partial charge in [-0.25, -0.2) is 0 Å². The van der Waals surface area contributed by atoms with Crippen LogP contribution in [0.4, 0.5) is 0 Å². The summed E-state index contributed by atoms with van der Waals surface area (Å²) in [7, 11) is 0. The van der Waals surface area contributed by atoms with Gasteiger partial charge in [0.1, 0.15) is 0 Å². The van der Waals surface area contributed by atoms with E-state index in [2.05, 4.69) is 29.4 Å². The molecule has 5 heteroatoms. The van der Waals surface area contributed by atoms with Gasteiger partial charge < -0.3 is 15.5 Å². The van der Waals surface area contributed by atoms with Gasteiger partial charge in [-0.2, -0.15) is 0 Å². The average molecular weight is 304 g/mol. The summed E-state index contributed by atoms with van der Waals surface area (Å²) in [6.45, 7) is 9.71. The molecule has 0 spiro atoms. The fourth-order valence-electron chi connectivity index (χ4n) is 3.15. The van der Waals surface area contributed by atoms with Crippen LogP contribution >= 0.6 is 12.4 Å². The van der Waals surface area contributed by atoms with Crippen molar-refractivity contribution in [3.05, 3.63) is 0 Å². The first-order chi connectivity index (χ1) is 9.01. The maximum absolute atomic E-state index is 12.4. The summed E-state index contributed by atoms with van der Waals surface area (Å²) in [4.78, 5) is 14.9. The highest BCUT2D eigenvalue weighted by Crippen LogP contribution is 2.20. The fourth-order valence-corrected chi connectivity index (χ4v) is 3.15. The Kier molecular flexibility index (Phi) is 6.76. The SMILES string of the molecule is CC(C)N1CCC(NC(=O)C2(C)CCCCN2)CC1.Cl. The van der Waals surface area contributed by atoms with E-state index >= 15 is 0 Å². The molecule has 2 saturated heterocycles. The van der Waals surface area contributed by atoms with Crippen molar-refractivity contribution in [1.29, 1.82) is 0 Å². The zero-order chi connectivity index (χ0) is 13.9. The van der Waals surface area contributed by atoms with E-state index in [0.29, 0.717) is 12.1 Å². The van der Waals surface area contributed by atoms with E-state index in [1.54, 1.807) is 0 Å². The predicted molar refractivity (Wildman–Crippen MR) is 85.4 cm³/mol. The third kappa shape index (κ3) is 4.34. The number of likely N-dealkylation sites (tertiary alicyclic amines) is 1. The molecule has 4 nitrogen and oxygen atoms in total. The average Bonchev–Trinajstić information content (AvgIpc) is 2.40. The van der Waals surface area contributed by atoms with E-state index in [4.69, 9.17) is 0 Å². The smallest absolute Gasteiger partial charge is 0.240 e. The Balaban J connectivity index is 0.00000200. The molecule has 2 fully saturated rings. The van der Waals surface area contributed by atoms with Crippen molar-refractivity contribution in [2.24, 2.45) is 0 Å². The molecular weight excluding hydrogens is 274 g/mol. The second kappa shape index (κ2) is 7.62. The zero-order valence-corrected chi connectivity index (χ0v) is 13.9. The number of amides is 1. The van der Waals surface area contributed by atoms with Crippen molar-refractivity contribution >= 4 is 18.3 Å². The largest absolute Gasteiger partial charge is 0.352 e. The molecule has 2 N–H and O–H groups in total. The highest BCUT2D eigenvalue weighted by molar-refractivity contribution is 5.86. The third-order valence-corrected chi connectivity index (χ3v) is 4.71. The molecule has 2 aliphatic rings. The molecule has 2 rings (SSSR count). The van der Waals surface area contributed by atoms with Crippen LogP contribution in [0.2, 0.25) is 0 Å². The maximum atomic E-state index is 12.4. The molecule has 0 bridgehead atoms. The quantitative estimate of drug-likeness (QED) is 0.837. The minimum absolute atomic E-state index is 0. The third-order valence-electron chi connectivity index (χ3n) is 4.71. The van der Waals surface area contributed by atoms with Crippen molar-refractivity contribution in [2.75, 3.05) is 19.6 Å². The highest BCUT2D eigenvalue weighted by atomic mass is 35.5. The van der Waals surface area contributed by atoms with Gasteiger partial charge in [0.2, 0.25) is 5.91 Å². The number of carbonyl (C=O) groups excluding carboxylic acids is 1. The molecule has 2 heterocycles. The van der Waals surface area contributed by atoms with E-state index in [1.165, 1.54) is 6.42 Å². The summed E-state index contributed by atoms with van der Waals surface area (Å²) in [6, 6.07) is 0.984. The Morgan fingerprint density at radius 2 is 1.95 bits per heavy atom. The number of rotatable bonds is 3. The molecule has 1 atom stereocenters. The molecule has 0 saturated carbocycles. The lowest BCUT2D eigenvalue weighted by atomic mass is 9.89. The summed E-state index contributed by atoms with van der Waals surface area (Å²) >= 11 is 0. The number of halogens is 1. The predicted octanol–water partition coefficient (Wildman–Crippen LogP) is 1.93. The molecule has 0 aliphatic carbocycles. The molecule has 2 aliphatic heterocycles. The van der Waals surface area contributed by atoms with Gasteiger partial charge in [0.25, 0.3) is 0 Å². The lowest BCUT2D eigenvalue weighted by Crippen LogP contribution is -2.59. The summed E-state index contributed by atoms with van der Waals surface area (Å²) < 4.78 is 0. The number of piperidine rings is 2. The first kappa shape index (κ1) is 17.7. The van der Waals surface area contributed by atoms with Gasteiger partial charge in [-0.05, 0) is 59.4 Å². The molecule has 20 heavy (non-hydrogen) atoms. The van der Waals surface area contributed by atoms with E-state index in [9.17, 15) is 4.79 Å². The normalized spacial score (nSPS) is 29.0. The van der Waals surface area contributed by atoms with Crippen molar-refractivity contribution in [1.82, 2.24) is 15.5 Å². The van der Waals surface area contributed by atoms with Crippen molar-refractivity contribution in [2.45, 2.75) is 70.5 Å². The Hall–Kier alpha value is -0.320. The number of nitrogens with one attached hydrogen (secondary N) is 2. The van der Waals surface area contributed by atoms with Crippen LogP contribution in [0.5, 0.6) is 0 Å². The van der Waals surface area contributed by atoms with Crippen LogP contribution in [0.25, 0.3) is 0 Å². The Morgan fingerprint density at radius 1 is 1.30 bits per heavy atom. The number of hydrogen-bond donors (Lipinski definition) is 2. The van der Waals surface area contributed by atoms with Gasteiger partial charge in [0.15, 0.2) is 0 Å². The minimum atomic E-state index is -0.340. The highest BCUT2D eigenvalue weighted by Gasteiger charge is 2.35. The van der Waals surface area contributed by atoms with Crippen molar-refractivity contribution in [3.63, 3.8) is 0 Å². The molecule has 0 aromatic carbocycles. The number of nitrogens with zero attached hydrogens (tertiary/aromatic N) is 1. The van der Waals surface area contributed by atoms with Gasteiger partial charge in [-0.1, -0.05) is 0 Å². The fraction of sp³-hybridized carbons (Fsp3) is 0.933. The van der Waals surface area contributed by atoms with Gasteiger partial charge in [-0.15, -0.1) is 12.4 Å². The molecular formula is C15H30ClN3O. The molecule has 118 valence electrons. The second-order valence-electron chi connectivity index (χ2n) is 6.59. The van der Waals surface area contributed by atoms with Crippen LogP contribution in [0.1, 0.15) is 52.9 Å². The zero-order valence-electron chi connectivity index (χ0n) is 13.1. The number of carbonyl (C=O) groups is 1. The van der Waals surface area contributed by atoms with Crippen LogP contribution < -0.4 is 10.6 Å². The number of hydrogen-bond acceptors (Lipinski definition) is 3. The van der Waals surface area contributed by atoms with Crippen molar-refractivity contribution in [3.8, 4) is 0 Å². The van der Waals surface area contributed by atoms with Crippen LogP contribution in [-0.4, -0.2) is 48.1 Å². The summed E-state index contributed by atoms with van der Waals surface area (Å²) in [6.07, 6.45) is 5.47. The van der Waals surface area contributed by atoms with Crippen LogP contribution in [0, 0.1) is 0 Å². The first-order valence-corrected chi connectivity index (χ1v) is 7.81. The summed E-state index contributed by atoms with van der Waals surface area (Å²) in [5, 5.41) is 6.65. The summed E-state index contributed by atoms with van der Waals surface area (Å²) in [5.74, 6) is 0.204. The van der Waals surface area contributed by atoms with E-state index in [-0.39, 0.29) is 23.9 Å². The van der Waals surface area contributed by atoms with E-state index in [0.717, 1.165) is 45.3 Å². The summed E-state index contributed by atoms with van der Waals surface area (Å²) in [5.41, 5.74) is -0.340. The molecule has 0 aromatic heterocycles. The maximum Gasteiger partial charge on any atom is 0.240 e. The Bertz CT molecular complexity index is 308. The first-order valence-electron chi connectivity index (χ1n) is 7.81. The van der Waals surface area contributed by atoms with Crippen molar-refractivity contribution < 1.29 is 4.79 Å². The lowest BCUT2D eigenvalue weighted by molar-refractivity contribution is -0.129. The monoisotopic (exact) mass is 303 g/mol. The molecule has 0 radical (unpaired) electrons. The van der Waals surface area contributed by atoms with Gasteiger partial charge in [-0.3, -0.25) is 4.79 Å². The standard InChI is InChI=1S/C15H29N3O.ClH/c1-12(2)18-10-6-13(7-11-18)17-14(19)15(3)8-4-5-9-16-15;/h12-13,16H,4-11H2,1-3H3,(H,17,19);1H. The van der Waals surface area contributed by atoms with Crippen LogP contribution in [0.3, 0.4) is 0 Å². The van der Waals surface area contributed by atoms with Crippen LogP contribution in [-0.2, 0) is 4.79 Å². The van der Waals surface area contributed by atoms with Gasteiger partial charge in [0, 0.05) is 25.2 Å². The van der Waals surface area contributed by atoms with E-state index < -0.39 is 0 Å². The minimum Gasteiger partial charge on any atom is -0.352 e.